The highest BCUT2D eigenvalue weighted by atomic mass is 16.3. The van der Waals surface area contributed by atoms with Crippen molar-refractivity contribution in [2.45, 2.75) is 59.3 Å². The fraction of sp³-hybridized carbons (Fsp3) is 0.588. The fourth-order valence-corrected chi connectivity index (χ4v) is 2.63. The topological polar surface area (TPSA) is 75.4 Å². The number of rotatable bonds is 6. The number of hydrogen-bond donors (Lipinski definition) is 3. The molecular formula is C17H28N2O2. The highest BCUT2D eigenvalue weighted by Gasteiger charge is 2.27. The Morgan fingerprint density at radius 3 is 2.52 bits per heavy atom. The Balaban J connectivity index is 3.10. The number of carbonyl (C=O) groups is 1. The number of hydrogen-bond acceptors (Lipinski definition) is 3. The monoisotopic (exact) mass is 292 g/mol. The molecule has 0 aliphatic rings. The number of hydrazine groups is 1. The SMILES string of the molecule is Cc1cc(C(=O)NN)c(O)c(C(C)(C)CCCC(C)C)c1. The molecule has 118 valence electrons. The zero-order chi connectivity index (χ0) is 16.2. The van der Waals surface area contributed by atoms with E-state index in [0.717, 1.165) is 30.4 Å². The molecule has 0 aliphatic heterocycles. The fourth-order valence-electron chi connectivity index (χ4n) is 2.63. The summed E-state index contributed by atoms with van der Waals surface area (Å²) in [7, 11) is 0. The van der Waals surface area contributed by atoms with Crippen molar-refractivity contribution >= 4 is 5.91 Å². The lowest BCUT2D eigenvalue weighted by Crippen LogP contribution is -2.30. The van der Waals surface area contributed by atoms with Gasteiger partial charge in [0.25, 0.3) is 5.91 Å². The second-order valence-corrected chi connectivity index (χ2v) is 6.85. The van der Waals surface area contributed by atoms with Crippen molar-refractivity contribution in [3.63, 3.8) is 0 Å². The predicted molar refractivity (Wildman–Crippen MR) is 86.2 cm³/mol. The van der Waals surface area contributed by atoms with E-state index in [1.807, 2.05) is 13.0 Å². The van der Waals surface area contributed by atoms with Crippen molar-refractivity contribution < 1.29 is 9.90 Å². The third kappa shape index (κ3) is 4.46. The van der Waals surface area contributed by atoms with Gasteiger partial charge in [-0.05, 0) is 36.3 Å². The summed E-state index contributed by atoms with van der Waals surface area (Å²) in [4.78, 5) is 11.8. The van der Waals surface area contributed by atoms with Crippen molar-refractivity contribution in [3.8, 4) is 5.75 Å². The molecule has 0 unspecified atom stereocenters. The van der Waals surface area contributed by atoms with Crippen LogP contribution < -0.4 is 11.3 Å². The molecular weight excluding hydrogens is 264 g/mol. The lowest BCUT2D eigenvalue weighted by molar-refractivity contribution is 0.0950. The van der Waals surface area contributed by atoms with Gasteiger partial charge < -0.3 is 5.11 Å². The van der Waals surface area contributed by atoms with E-state index < -0.39 is 5.91 Å². The molecule has 1 rings (SSSR count). The zero-order valence-electron chi connectivity index (χ0n) is 13.8. The Morgan fingerprint density at radius 1 is 1.38 bits per heavy atom. The van der Waals surface area contributed by atoms with Crippen LogP contribution in [0.2, 0.25) is 0 Å². The first kappa shape index (κ1) is 17.5. The summed E-state index contributed by atoms with van der Waals surface area (Å²) in [5.41, 5.74) is 3.89. The van der Waals surface area contributed by atoms with Gasteiger partial charge in [0.2, 0.25) is 0 Å². The molecule has 0 atom stereocenters. The minimum atomic E-state index is -0.463. The highest BCUT2D eigenvalue weighted by molar-refractivity contribution is 5.97. The lowest BCUT2D eigenvalue weighted by atomic mass is 9.77. The third-order valence-corrected chi connectivity index (χ3v) is 3.94. The summed E-state index contributed by atoms with van der Waals surface area (Å²) in [5, 5.41) is 10.4. The van der Waals surface area contributed by atoms with Crippen molar-refractivity contribution in [1.29, 1.82) is 0 Å². The van der Waals surface area contributed by atoms with Crippen LogP contribution in [0.4, 0.5) is 0 Å². The minimum Gasteiger partial charge on any atom is -0.507 e. The van der Waals surface area contributed by atoms with Crippen LogP contribution in [0.1, 0.15) is 68.4 Å². The van der Waals surface area contributed by atoms with Gasteiger partial charge in [0.15, 0.2) is 0 Å². The first-order valence-corrected chi connectivity index (χ1v) is 7.54. The maximum Gasteiger partial charge on any atom is 0.268 e. The molecule has 21 heavy (non-hydrogen) atoms. The molecule has 0 saturated carbocycles. The molecule has 1 aromatic carbocycles. The molecule has 4 N–H and O–H groups in total. The summed E-state index contributed by atoms with van der Waals surface area (Å²) in [6.45, 7) is 10.5. The number of aromatic hydroxyl groups is 1. The maximum absolute atomic E-state index is 11.8. The van der Waals surface area contributed by atoms with Gasteiger partial charge in [0, 0.05) is 5.56 Å². The Hall–Kier alpha value is -1.55. The number of amides is 1. The van der Waals surface area contributed by atoms with E-state index in [-0.39, 0.29) is 16.7 Å². The van der Waals surface area contributed by atoms with E-state index in [2.05, 4.69) is 33.1 Å². The third-order valence-electron chi connectivity index (χ3n) is 3.94. The summed E-state index contributed by atoms with van der Waals surface area (Å²) in [6, 6.07) is 3.61. The Morgan fingerprint density at radius 2 is 2.00 bits per heavy atom. The predicted octanol–water partition coefficient (Wildman–Crippen LogP) is 3.41. The van der Waals surface area contributed by atoms with Crippen LogP contribution in [0.25, 0.3) is 0 Å². The number of nitrogens with two attached hydrogens (primary N) is 1. The Bertz CT molecular complexity index is 508. The van der Waals surface area contributed by atoms with Gasteiger partial charge in [-0.2, -0.15) is 0 Å². The number of benzene rings is 1. The highest BCUT2D eigenvalue weighted by Crippen LogP contribution is 2.38. The maximum atomic E-state index is 11.8. The van der Waals surface area contributed by atoms with Crippen LogP contribution in [-0.2, 0) is 5.41 Å². The zero-order valence-corrected chi connectivity index (χ0v) is 13.8. The molecule has 4 nitrogen and oxygen atoms in total. The van der Waals surface area contributed by atoms with Crippen LogP contribution in [0.5, 0.6) is 5.75 Å². The summed E-state index contributed by atoms with van der Waals surface area (Å²) >= 11 is 0. The van der Waals surface area contributed by atoms with Crippen molar-refractivity contribution in [1.82, 2.24) is 5.43 Å². The number of phenolic OH excluding ortho intramolecular Hbond substituents is 1. The van der Waals surface area contributed by atoms with Crippen LogP contribution >= 0.6 is 0 Å². The van der Waals surface area contributed by atoms with Crippen LogP contribution in [0, 0.1) is 12.8 Å². The van der Waals surface area contributed by atoms with E-state index in [9.17, 15) is 9.90 Å². The minimum absolute atomic E-state index is 0.0399. The smallest absolute Gasteiger partial charge is 0.268 e. The first-order chi connectivity index (χ1) is 9.69. The van der Waals surface area contributed by atoms with E-state index in [4.69, 9.17) is 5.84 Å². The van der Waals surface area contributed by atoms with E-state index >= 15 is 0 Å². The molecule has 0 aromatic heterocycles. The van der Waals surface area contributed by atoms with E-state index in [1.54, 1.807) is 6.07 Å². The molecule has 0 heterocycles. The van der Waals surface area contributed by atoms with Crippen molar-refractivity contribution in [2.24, 2.45) is 11.8 Å². The number of carbonyl (C=O) groups excluding carboxylic acids is 1. The lowest BCUT2D eigenvalue weighted by Gasteiger charge is -2.28. The molecule has 0 spiro atoms. The van der Waals surface area contributed by atoms with E-state index in [0.29, 0.717) is 5.92 Å². The van der Waals surface area contributed by atoms with Crippen LogP contribution in [0.15, 0.2) is 12.1 Å². The number of nitrogens with one attached hydrogen (secondary N) is 1. The van der Waals surface area contributed by atoms with Gasteiger partial charge in [-0.3, -0.25) is 10.2 Å². The quantitative estimate of drug-likeness (QED) is 0.427. The molecule has 1 amide bonds. The van der Waals surface area contributed by atoms with E-state index in [1.165, 1.54) is 0 Å². The number of aryl methyl sites for hydroxylation is 1. The molecule has 0 saturated heterocycles. The first-order valence-electron chi connectivity index (χ1n) is 7.54. The van der Waals surface area contributed by atoms with Crippen LogP contribution in [0.3, 0.4) is 0 Å². The average molecular weight is 292 g/mol. The van der Waals surface area contributed by atoms with Gasteiger partial charge in [-0.25, -0.2) is 5.84 Å². The molecule has 1 aromatic rings. The average Bonchev–Trinajstić information content (AvgIpc) is 2.39. The molecule has 0 radical (unpaired) electrons. The molecule has 0 bridgehead atoms. The summed E-state index contributed by atoms with van der Waals surface area (Å²) in [5.74, 6) is 5.43. The van der Waals surface area contributed by atoms with Gasteiger partial charge in [-0.15, -0.1) is 0 Å². The molecule has 0 fully saturated rings. The second-order valence-electron chi connectivity index (χ2n) is 6.85. The molecule has 0 aliphatic carbocycles. The van der Waals surface area contributed by atoms with Crippen molar-refractivity contribution in [3.05, 3.63) is 28.8 Å². The second kappa shape index (κ2) is 6.94. The standard InChI is InChI=1S/C17H28N2O2/c1-11(2)7-6-8-17(4,5)14-10-12(3)9-13(15(14)20)16(21)19-18/h9-11,20H,6-8,18H2,1-5H3,(H,19,21). The van der Waals surface area contributed by atoms with Gasteiger partial charge >= 0.3 is 0 Å². The van der Waals surface area contributed by atoms with Gasteiger partial charge in [0.05, 0.1) is 5.56 Å². The molecule has 4 heteroatoms. The Labute approximate surface area is 127 Å². The largest absolute Gasteiger partial charge is 0.507 e. The van der Waals surface area contributed by atoms with Crippen molar-refractivity contribution in [2.75, 3.05) is 0 Å². The normalized spacial score (nSPS) is 11.8. The Kier molecular flexibility index (Phi) is 5.78. The number of nitrogen functional groups attached to an aromatic ring is 1. The van der Waals surface area contributed by atoms with Gasteiger partial charge in [0.1, 0.15) is 5.75 Å². The van der Waals surface area contributed by atoms with Crippen LogP contribution in [-0.4, -0.2) is 11.0 Å². The summed E-state index contributed by atoms with van der Waals surface area (Å²) in [6.07, 6.45) is 3.22. The van der Waals surface area contributed by atoms with Gasteiger partial charge in [-0.1, -0.05) is 46.6 Å². The summed E-state index contributed by atoms with van der Waals surface area (Å²) < 4.78 is 0. The number of phenols is 1.